The van der Waals surface area contributed by atoms with Gasteiger partial charge in [-0.05, 0) is 41.9 Å². The summed E-state index contributed by atoms with van der Waals surface area (Å²) in [5.74, 6) is -1.05. The van der Waals surface area contributed by atoms with Gasteiger partial charge >= 0.3 is 5.66 Å². The highest BCUT2D eigenvalue weighted by molar-refractivity contribution is 9.10. The number of carbonyl (C=O) groups is 1. The van der Waals surface area contributed by atoms with E-state index in [-0.39, 0.29) is 44.0 Å². The summed E-state index contributed by atoms with van der Waals surface area (Å²) in [6.45, 7) is 3.38. The first-order valence-electron chi connectivity index (χ1n) is 6.93. The van der Waals surface area contributed by atoms with Crippen molar-refractivity contribution < 1.29 is 27.7 Å². The van der Waals surface area contributed by atoms with Gasteiger partial charge in [-0.25, -0.2) is 0 Å². The van der Waals surface area contributed by atoms with Gasteiger partial charge in [0.05, 0.1) is 22.8 Å². The van der Waals surface area contributed by atoms with Gasteiger partial charge in [0.25, 0.3) is 8.38 Å². The van der Waals surface area contributed by atoms with Crippen molar-refractivity contribution in [3.8, 4) is 5.75 Å². The summed E-state index contributed by atoms with van der Waals surface area (Å²) < 4.78 is 40.2. The van der Waals surface area contributed by atoms with Crippen LogP contribution < -0.4 is 5.73 Å². The number of nitrogens with two attached hydrogens (primary N) is 1. The second kappa shape index (κ2) is 7.58. The Labute approximate surface area is 150 Å². The highest BCUT2D eigenvalue weighted by atomic mass is 79.9. The number of benzene rings is 1. The molecule has 0 unspecified atom stereocenters. The average Bonchev–Trinajstić information content (AvgIpc) is 2.85. The number of fused-ring (bicyclic) bond motifs is 1. The van der Waals surface area contributed by atoms with E-state index in [9.17, 15) is 18.7 Å². The molecule has 5 nitrogen and oxygen atoms in total. The van der Waals surface area contributed by atoms with E-state index < -0.39 is 19.9 Å². The molecule has 132 valence electrons. The standard InChI is InChI=1S/C14H15BrF2NO4PS/c1-3-21-23(22-4-2)14(16,17)12-10(15)8-5-7(13(18)20)6-9(19)11(8)24-12/h5-6,19H,3-4H2,1-2H3,(H2,18,20). The van der Waals surface area contributed by atoms with Crippen molar-refractivity contribution >= 4 is 51.6 Å². The topological polar surface area (TPSA) is 81.8 Å². The number of halogens is 3. The predicted octanol–water partition coefficient (Wildman–Crippen LogP) is 4.90. The molecule has 3 N–H and O–H groups in total. The second-order valence-corrected chi connectivity index (χ2v) is 8.02. The maximum atomic E-state index is 14.9. The SMILES string of the molecule is CCOP(OCC)C(F)(F)c1sc2c(O)cc(C(N)=O)cc2c1Br. The molecule has 0 saturated heterocycles. The highest BCUT2D eigenvalue weighted by Crippen LogP contribution is 2.63. The van der Waals surface area contributed by atoms with Crippen molar-refractivity contribution in [1.82, 2.24) is 0 Å². The van der Waals surface area contributed by atoms with Crippen molar-refractivity contribution in [2.75, 3.05) is 13.2 Å². The molecule has 1 amide bonds. The van der Waals surface area contributed by atoms with Crippen LogP contribution in [-0.2, 0) is 14.7 Å². The molecule has 0 atom stereocenters. The van der Waals surface area contributed by atoms with Gasteiger partial charge in [-0.15, -0.1) is 11.3 Å². The monoisotopic (exact) mass is 441 g/mol. The van der Waals surface area contributed by atoms with Gasteiger partial charge in [-0.1, -0.05) is 0 Å². The zero-order valence-corrected chi connectivity index (χ0v) is 16.1. The Balaban J connectivity index is 2.61. The molecule has 0 aliphatic rings. The van der Waals surface area contributed by atoms with E-state index in [1.54, 1.807) is 13.8 Å². The third-order valence-electron chi connectivity index (χ3n) is 2.99. The van der Waals surface area contributed by atoms with Gasteiger partial charge in [0.2, 0.25) is 5.91 Å². The van der Waals surface area contributed by atoms with E-state index in [1.165, 1.54) is 6.07 Å². The Morgan fingerprint density at radius 3 is 2.46 bits per heavy atom. The summed E-state index contributed by atoms with van der Waals surface area (Å²) in [6.07, 6.45) is 0. The quantitative estimate of drug-likeness (QED) is 0.598. The molecule has 0 aliphatic heterocycles. The lowest BCUT2D eigenvalue weighted by molar-refractivity contribution is 0.0600. The number of alkyl halides is 2. The van der Waals surface area contributed by atoms with E-state index in [1.807, 2.05) is 0 Å². The number of phenols is 1. The lowest BCUT2D eigenvalue weighted by Crippen LogP contribution is -2.13. The van der Waals surface area contributed by atoms with Gasteiger partial charge in [0.1, 0.15) is 5.75 Å². The van der Waals surface area contributed by atoms with Crippen LogP contribution in [0.4, 0.5) is 8.78 Å². The normalized spacial score (nSPS) is 12.2. The first-order valence-corrected chi connectivity index (χ1v) is 9.71. The molecule has 1 aromatic carbocycles. The molecule has 2 rings (SSSR count). The Morgan fingerprint density at radius 1 is 1.38 bits per heavy atom. The zero-order chi connectivity index (χ0) is 18.1. The van der Waals surface area contributed by atoms with Crippen LogP contribution >= 0.6 is 35.6 Å². The minimum Gasteiger partial charge on any atom is -0.506 e. The third-order valence-corrected chi connectivity index (χ3v) is 7.19. The molecule has 0 spiro atoms. The fraction of sp³-hybridized carbons (Fsp3) is 0.357. The molecule has 0 radical (unpaired) electrons. The van der Waals surface area contributed by atoms with Gasteiger partial charge in [0.15, 0.2) is 0 Å². The van der Waals surface area contributed by atoms with Crippen molar-refractivity contribution in [1.29, 1.82) is 0 Å². The minimum atomic E-state index is -3.39. The van der Waals surface area contributed by atoms with Crippen LogP contribution in [0, 0.1) is 0 Å². The van der Waals surface area contributed by atoms with Gasteiger partial charge in [-0.3, -0.25) is 4.79 Å². The number of amides is 1. The molecule has 0 aliphatic carbocycles. The van der Waals surface area contributed by atoms with Gasteiger partial charge < -0.3 is 19.9 Å². The molecule has 0 fully saturated rings. The number of thiophene rings is 1. The maximum Gasteiger partial charge on any atom is 0.349 e. The molecular weight excluding hydrogens is 427 g/mol. The second-order valence-electron chi connectivity index (χ2n) is 4.62. The number of aromatic hydroxyl groups is 1. The number of hydrogen-bond donors (Lipinski definition) is 2. The van der Waals surface area contributed by atoms with E-state index >= 15 is 0 Å². The molecule has 0 bridgehead atoms. The van der Waals surface area contributed by atoms with Crippen LogP contribution in [0.1, 0.15) is 29.1 Å². The van der Waals surface area contributed by atoms with E-state index in [2.05, 4.69) is 15.9 Å². The summed E-state index contributed by atoms with van der Waals surface area (Å²) in [5, 5.41) is 10.3. The lowest BCUT2D eigenvalue weighted by atomic mass is 10.1. The van der Waals surface area contributed by atoms with E-state index in [4.69, 9.17) is 14.8 Å². The molecule has 1 aromatic heterocycles. The Hall–Kier alpha value is -0.860. The first kappa shape index (κ1) is 19.5. The van der Waals surface area contributed by atoms with Crippen LogP contribution in [0.25, 0.3) is 10.1 Å². The smallest absolute Gasteiger partial charge is 0.349 e. The summed E-state index contributed by atoms with van der Waals surface area (Å²) in [6, 6.07) is 2.52. The summed E-state index contributed by atoms with van der Waals surface area (Å²) >= 11 is 3.86. The Bertz CT molecular complexity index is 765. The fourth-order valence-corrected chi connectivity index (χ4v) is 5.56. The lowest BCUT2D eigenvalue weighted by Gasteiger charge is -2.24. The van der Waals surface area contributed by atoms with Crippen LogP contribution in [0.15, 0.2) is 16.6 Å². The van der Waals surface area contributed by atoms with Crippen molar-refractivity contribution in [3.05, 3.63) is 27.0 Å². The number of primary amides is 1. The Morgan fingerprint density at radius 2 is 1.96 bits per heavy atom. The molecule has 10 heteroatoms. The first-order chi connectivity index (χ1) is 11.2. The summed E-state index contributed by atoms with van der Waals surface area (Å²) in [4.78, 5) is 11.0. The third kappa shape index (κ3) is 3.55. The zero-order valence-electron chi connectivity index (χ0n) is 12.8. The average molecular weight is 442 g/mol. The largest absolute Gasteiger partial charge is 0.506 e. The predicted molar refractivity (Wildman–Crippen MR) is 93.8 cm³/mol. The number of carbonyl (C=O) groups excluding carboxylic acids is 1. The molecule has 1 heterocycles. The van der Waals surface area contributed by atoms with Gasteiger partial charge in [0, 0.05) is 15.4 Å². The van der Waals surface area contributed by atoms with Crippen molar-refractivity contribution in [2.24, 2.45) is 5.73 Å². The molecule has 24 heavy (non-hydrogen) atoms. The number of hydrogen-bond acceptors (Lipinski definition) is 5. The van der Waals surface area contributed by atoms with E-state index in [0.29, 0.717) is 11.3 Å². The Kier molecular flexibility index (Phi) is 6.14. The highest BCUT2D eigenvalue weighted by Gasteiger charge is 2.48. The van der Waals surface area contributed by atoms with E-state index in [0.717, 1.165) is 6.07 Å². The molecule has 2 aromatic rings. The van der Waals surface area contributed by atoms with Crippen molar-refractivity contribution in [2.45, 2.75) is 19.5 Å². The maximum absolute atomic E-state index is 14.9. The molecular formula is C14H15BrF2NO4PS. The number of phenolic OH excluding ortho intramolecular Hbond substituents is 1. The summed E-state index contributed by atoms with van der Waals surface area (Å²) in [7, 11) is -2.49. The van der Waals surface area contributed by atoms with Crippen LogP contribution in [-0.4, -0.2) is 24.2 Å². The van der Waals surface area contributed by atoms with Gasteiger partial charge in [-0.2, -0.15) is 8.78 Å². The molecule has 0 saturated carbocycles. The summed E-state index contributed by atoms with van der Waals surface area (Å²) in [5.41, 5.74) is 1.84. The minimum absolute atomic E-state index is 0.0326. The van der Waals surface area contributed by atoms with Crippen molar-refractivity contribution in [3.63, 3.8) is 0 Å². The number of rotatable bonds is 7. The van der Waals surface area contributed by atoms with Crippen LogP contribution in [0.5, 0.6) is 5.75 Å². The fourth-order valence-electron chi connectivity index (χ4n) is 2.01. The van der Waals surface area contributed by atoms with Crippen LogP contribution in [0.2, 0.25) is 0 Å². The van der Waals surface area contributed by atoms with Crippen LogP contribution in [0.3, 0.4) is 0 Å².